The van der Waals surface area contributed by atoms with E-state index in [9.17, 15) is 0 Å². The third kappa shape index (κ3) is 2.92. The van der Waals surface area contributed by atoms with Crippen LogP contribution in [0.25, 0.3) is 32.6 Å². The largest absolute Gasteiger partial charge is 0.332 e. The van der Waals surface area contributed by atoms with Gasteiger partial charge < -0.3 is 10.6 Å². The number of hydrogen-bond donors (Lipinski definition) is 2. The van der Waals surface area contributed by atoms with Gasteiger partial charge in [-0.2, -0.15) is 0 Å². The Labute approximate surface area is 167 Å². The first-order valence-corrected chi connectivity index (χ1v) is 9.39. The molecule has 28 heavy (non-hydrogen) atoms. The molecule has 2 heterocycles. The summed E-state index contributed by atoms with van der Waals surface area (Å²) in [5.74, 6) is 0. The van der Waals surface area contributed by atoms with E-state index in [1.165, 1.54) is 0 Å². The monoisotopic (exact) mass is 380 g/mol. The van der Waals surface area contributed by atoms with Gasteiger partial charge >= 0.3 is 0 Å². The summed E-state index contributed by atoms with van der Waals surface area (Å²) in [4.78, 5) is 9.06. The molecule has 4 nitrogen and oxygen atoms in total. The van der Waals surface area contributed by atoms with Crippen LogP contribution in [-0.4, -0.2) is 15.1 Å². The lowest BCUT2D eigenvalue weighted by atomic mass is 10.1. The van der Waals surface area contributed by atoms with Crippen LogP contribution in [0.1, 0.15) is 0 Å². The van der Waals surface area contributed by atoms with Crippen LogP contribution in [0.4, 0.5) is 11.4 Å². The minimum absolute atomic E-state index is 0.513. The highest BCUT2D eigenvalue weighted by Gasteiger charge is 2.10. The normalized spacial score (nSPS) is 11.0. The van der Waals surface area contributed by atoms with E-state index in [0.29, 0.717) is 5.11 Å². The predicted octanol–water partition coefficient (Wildman–Crippen LogP) is 5.75. The fraction of sp³-hybridized carbons (Fsp3) is 0. The number of nitrogens with zero attached hydrogens (tertiary/aromatic N) is 2. The Hall–Kier alpha value is -3.57. The molecule has 2 N–H and O–H groups in total. The molecule has 0 aliphatic rings. The first-order chi connectivity index (χ1) is 13.8. The van der Waals surface area contributed by atoms with Gasteiger partial charge in [0.05, 0.1) is 16.7 Å². The topological polar surface area (TPSA) is 49.8 Å². The summed E-state index contributed by atoms with van der Waals surface area (Å²) in [5.41, 5.74) is 3.56. The molecule has 0 aliphatic heterocycles. The summed E-state index contributed by atoms with van der Waals surface area (Å²) in [6.45, 7) is 0. The van der Waals surface area contributed by atoms with Crippen LogP contribution in [0.2, 0.25) is 0 Å². The van der Waals surface area contributed by atoms with E-state index in [1.54, 1.807) is 12.4 Å². The second kappa shape index (κ2) is 6.87. The van der Waals surface area contributed by atoms with Crippen molar-refractivity contribution in [2.24, 2.45) is 0 Å². The van der Waals surface area contributed by atoms with Crippen molar-refractivity contribution in [2.75, 3.05) is 10.6 Å². The van der Waals surface area contributed by atoms with Crippen LogP contribution in [-0.2, 0) is 0 Å². The molecule has 0 fully saturated rings. The smallest absolute Gasteiger partial charge is 0.175 e. The van der Waals surface area contributed by atoms with Gasteiger partial charge in [0.2, 0.25) is 0 Å². The molecule has 5 rings (SSSR count). The van der Waals surface area contributed by atoms with Crippen molar-refractivity contribution in [1.29, 1.82) is 0 Å². The second-order valence-electron chi connectivity index (χ2n) is 6.50. The van der Waals surface area contributed by atoms with Crippen molar-refractivity contribution in [1.82, 2.24) is 9.97 Å². The molecule has 0 aliphatic carbocycles. The molecule has 3 aromatic carbocycles. The lowest BCUT2D eigenvalue weighted by molar-refractivity contribution is 1.39. The molecule has 0 spiro atoms. The maximum absolute atomic E-state index is 5.60. The van der Waals surface area contributed by atoms with Gasteiger partial charge in [0, 0.05) is 34.2 Å². The minimum atomic E-state index is 0.513. The summed E-state index contributed by atoms with van der Waals surface area (Å²) < 4.78 is 0. The van der Waals surface area contributed by atoms with E-state index in [2.05, 4.69) is 50.9 Å². The molecule has 0 saturated heterocycles. The molecular weight excluding hydrogens is 364 g/mol. The Balaban J connectivity index is 1.53. The van der Waals surface area contributed by atoms with Gasteiger partial charge in [-0.3, -0.25) is 9.97 Å². The van der Waals surface area contributed by atoms with Crippen molar-refractivity contribution in [3.63, 3.8) is 0 Å². The fourth-order valence-electron chi connectivity index (χ4n) is 3.51. The summed E-state index contributed by atoms with van der Waals surface area (Å²) in [5, 5.41) is 11.5. The number of aromatic nitrogens is 2. The van der Waals surface area contributed by atoms with Crippen molar-refractivity contribution >= 4 is 61.3 Å². The molecule has 0 atom stereocenters. The molecule has 0 radical (unpaired) electrons. The summed E-state index contributed by atoms with van der Waals surface area (Å²) >= 11 is 5.60. The summed E-state index contributed by atoms with van der Waals surface area (Å²) in [6, 6.07) is 24.3. The van der Waals surface area contributed by atoms with E-state index in [1.807, 2.05) is 42.5 Å². The van der Waals surface area contributed by atoms with Gasteiger partial charge in [-0.05, 0) is 41.9 Å². The van der Waals surface area contributed by atoms with E-state index < -0.39 is 0 Å². The van der Waals surface area contributed by atoms with Crippen molar-refractivity contribution in [3.05, 3.63) is 85.2 Å². The number of thiocarbonyl (C=S) groups is 1. The van der Waals surface area contributed by atoms with E-state index in [4.69, 9.17) is 12.2 Å². The molecule has 134 valence electrons. The second-order valence-corrected chi connectivity index (χ2v) is 6.91. The third-order valence-electron chi connectivity index (χ3n) is 4.76. The summed E-state index contributed by atoms with van der Waals surface area (Å²) in [6.07, 6.45) is 3.58. The van der Waals surface area contributed by atoms with Gasteiger partial charge in [-0.25, -0.2) is 0 Å². The zero-order valence-corrected chi connectivity index (χ0v) is 15.7. The standard InChI is InChI=1S/C23H16N4S/c28-23(26-19-11-3-7-15-6-1-2-8-16(15)19)27-21-14-20-17(9-4-12-24-20)18-10-5-13-25-22(18)21/h1-14H,(H2,26,27,28). The van der Waals surface area contributed by atoms with Gasteiger partial charge in [-0.1, -0.05) is 48.5 Å². The van der Waals surface area contributed by atoms with E-state index >= 15 is 0 Å². The average Bonchev–Trinajstić information content (AvgIpc) is 2.74. The first-order valence-electron chi connectivity index (χ1n) is 8.98. The highest BCUT2D eigenvalue weighted by molar-refractivity contribution is 7.80. The Morgan fingerprint density at radius 3 is 2.32 bits per heavy atom. The number of nitrogens with one attached hydrogen (secondary N) is 2. The molecular formula is C23H16N4S. The number of hydrogen-bond acceptors (Lipinski definition) is 3. The number of anilines is 2. The molecule has 0 saturated carbocycles. The number of rotatable bonds is 2. The number of fused-ring (bicyclic) bond motifs is 4. The maximum atomic E-state index is 5.60. The van der Waals surface area contributed by atoms with Crippen molar-refractivity contribution in [2.45, 2.75) is 0 Å². The molecule has 0 unspecified atom stereocenters. The SMILES string of the molecule is S=C(Nc1cccc2ccccc12)Nc1cc2ncccc2c2cccnc12. The number of benzene rings is 3. The molecule has 0 bridgehead atoms. The summed E-state index contributed by atoms with van der Waals surface area (Å²) in [7, 11) is 0. The quantitative estimate of drug-likeness (QED) is 0.302. The Morgan fingerprint density at radius 1 is 0.679 bits per heavy atom. The van der Waals surface area contributed by atoms with Crippen molar-refractivity contribution < 1.29 is 0 Å². The van der Waals surface area contributed by atoms with Gasteiger partial charge in [-0.15, -0.1) is 0 Å². The zero-order chi connectivity index (χ0) is 18.9. The van der Waals surface area contributed by atoms with Crippen molar-refractivity contribution in [3.8, 4) is 0 Å². The highest BCUT2D eigenvalue weighted by atomic mass is 32.1. The van der Waals surface area contributed by atoms with Crippen LogP contribution in [0.5, 0.6) is 0 Å². The minimum Gasteiger partial charge on any atom is -0.332 e. The van der Waals surface area contributed by atoms with E-state index in [-0.39, 0.29) is 0 Å². The predicted molar refractivity (Wildman–Crippen MR) is 121 cm³/mol. The first kappa shape index (κ1) is 16.6. The number of pyridine rings is 2. The van der Waals surface area contributed by atoms with Gasteiger partial charge in [0.25, 0.3) is 0 Å². The Morgan fingerprint density at radius 2 is 1.39 bits per heavy atom. The van der Waals surface area contributed by atoms with Crippen LogP contribution >= 0.6 is 12.2 Å². The molecule has 5 heteroatoms. The van der Waals surface area contributed by atoms with Crippen LogP contribution in [0.3, 0.4) is 0 Å². The molecule has 2 aromatic heterocycles. The average molecular weight is 380 g/mol. The molecule has 0 amide bonds. The third-order valence-corrected chi connectivity index (χ3v) is 4.96. The zero-order valence-electron chi connectivity index (χ0n) is 14.9. The van der Waals surface area contributed by atoms with Crippen LogP contribution in [0, 0.1) is 0 Å². The highest BCUT2D eigenvalue weighted by Crippen LogP contribution is 2.30. The van der Waals surface area contributed by atoms with Crippen LogP contribution < -0.4 is 10.6 Å². The van der Waals surface area contributed by atoms with E-state index in [0.717, 1.165) is 44.0 Å². The lowest BCUT2D eigenvalue weighted by Crippen LogP contribution is -2.19. The lowest BCUT2D eigenvalue weighted by Gasteiger charge is -2.14. The Bertz CT molecular complexity index is 1340. The maximum Gasteiger partial charge on any atom is 0.175 e. The Kier molecular flexibility index (Phi) is 4.07. The molecule has 5 aromatic rings. The fourth-order valence-corrected chi connectivity index (χ4v) is 3.73. The van der Waals surface area contributed by atoms with Gasteiger partial charge in [0.15, 0.2) is 5.11 Å². The van der Waals surface area contributed by atoms with Gasteiger partial charge in [0.1, 0.15) is 0 Å². The van der Waals surface area contributed by atoms with Crippen LogP contribution in [0.15, 0.2) is 85.2 Å².